The van der Waals surface area contributed by atoms with Crippen molar-refractivity contribution in [3.8, 4) is 5.75 Å². The van der Waals surface area contributed by atoms with Crippen molar-refractivity contribution in [2.24, 2.45) is 0 Å². The molecule has 0 saturated carbocycles. The van der Waals surface area contributed by atoms with Crippen molar-refractivity contribution in [3.05, 3.63) is 33.9 Å². The fourth-order valence-electron chi connectivity index (χ4n) is 1.34. The molecule has 0 bridgehead atoms. The van der Waals surface area contributed by atoms with Crippen LogP contribution >= 0.6 is 11.6 Å². The number of alkyl halides is 1. The Kier molecular flexibility index (Phi) is 4.68. The number of methoxy groups -OCH3 is 1. The second-order valence-corrected chi connectivity index (χ2v) is 3.66. The maximum Gasteiger partial charge on any atom is 0.311 e. The molecule has 2 unspecified atom stereocenters. The highest BCUT2D eigenvalue weighted by Gasteiger charge is 2.22. The van der Waals surface area contributed by atoms with Crippen LogP contribution in [0.2, 0.25) is 0 Å². The molecule has 0 aromatic heterocycles. The lowest BCUT2D eigenvalue weighted by Crippen LogP contribution is -2.19. The number of nitrogens with zero attached hydrogens (tertiary/aromatic N) is 1. The number of hydrogen-bond acceptors (Lipinski definition) is 5. The van der Waals surface area contributed by atoms with Gasteiger partial charge in [0.15, 0.2) is 5.75 Å². The first kappa shape index (κ1) is 13.7. The van der Waals surface area contributed by atoms with Crippen molar-refractivity contribution in [1.29, 1.82) is 0 Å². The van der Waals surface area contributed by atoms with E-state index in [1.54, 1.807) is 0 Å². The zero-order valence-electron chi connectivity index (χ0n) is 9.04. The molecule has 1 aromatic carbocycles. The summed E-state index contributed by atoms with van der Waals surface area (Å²) in [6.45, 7) is 0. The van der Waals surface area contributed by atoms with Crippen LogP contribution in [0.5, 0.6) is 5.75 Å². The van der Waals surface area contributed by atoms with E-state index in [1.807, 2.05) is 0 Å². The zero-order valence-corrected chi connectivity index (χ0v) is 9.79. The van der Waals surface area contributed by atoms with Gasteiger partial charge in [0.25, 0.3) is 0 Å². The summed E-state index contributed by atoms with van der Waals surface area (Å²) >= 11 is 5.39. The molecule has 0 fully saturated rings. The van der Waals surface area contributed by atoms with Crippen molar-refractivity contribution < 1.29 is 19.9 Å². The standard InChI is InChI=1S/C10H12ClNO5/c1-17-9-3-2-6(4-7(9)12(15)16)10(14)8(13)5-11/h2-4,8,10,13-14H,5H2,1H3. The molecule has 0 amide bonds. The van der Waals surface area contributed by atoms with Gasteiger partial charge in [-0.05, 0) is 11.6 Å². The number of benzene rings is 1. The van der Waals surface area contributed by atoms with E-state index < -0.39 is 17.1 Å². The predicted molar refractivity (Wildman–Crippen MR) is 61.3 cm³/mol. The molecular formula is C10H12ClNO5. The Morgan fingerprint density at radius 3 is 2.65 bits per heavy atom. The molecule has 6 nitrogen and oxygen atoms in total. The molecule has 1 aromatic rings. The lowest BCUT2D eigenvalue weighted by molar-refractivity contribution is -0.385. The molecule has 0 aliphatic carbocycles. The Balaban J connectivity index is 3.12. The van der Waals surface area contributed by atoms with Crippen LogP contribution in [-0.2, 0) is 0 Å². The van der Waals surface area contributed by atoms with Crippen molar-refractivity contribution in [2.75, 3.05) is 13.0 Å². The number of ether oxygens (including phenoxy) is 1. The molecule has 0 radical (unpaired) electrons. The van der Waals surface area contributed by atoms with Gasteiger partial charge in [0.1, 0.15) is 6.10 Å². The van der Waals surface area contributed by atoms with E-state index >= 15 is 0 Å². The van der Waals surface area contributed by atoms with Gasteiger partial charge in [0.2, 0.25) is 0 Å². The fraction of sp³-hybridized carbons (Fsp3) is 0.400. The summed E-state index contributed by atoms with van der Waals surface area (Å²) in [5.41, 5.74) is -0.0588. The van der Waals surface area contributed by atoms with Crippen molar-refractivity contribution >= 4 is 17.3 Å². The van der Waals surface area contributed by atoms with Crippen molar-refractivity contribution in [2.45, 2.75) is 12.2 Å². The lowest BCUT2D eigenvalue weighted by atomic mass is 10.0. The summed E-state index contributed by atoms with van der Waals surface area (Å²) in [6, 6.07) is 3.95. The molecule has 1 rings (SSSR count). The van der Waals surface area contributed by atoms with Crippen LogP contribution in [0.4, 0.5) is 5.69 Å². The molecule has 0 aliphatic rings. The summed E-state index contributed by atoms with van der Waals surface area (Å²) in [7, 11) is 1.31. The first-order valence-corrected chi connectivity index (χ1v) is 5.29. The van der Waals surface area contributed by atoms with Gasteiger partial charge in [0.05, 0.1) is 24.0 Å². The van der Waals surface area contributed by atoms with Gasteiger partial charge in [-0.2, -0.15) is 0 Å². The number of halogens is 1. The van der Waals surface area contributed by atoms with E-state index in [9.17, 15) is 20.3 Å². The summed E-state index contributed by atoms with van der Waals surface area (Å²) < 4.78 is 4.82. The molecule has 94 valence electrons. The normalized spacial score (nSPS) is 14.1. The zero-order chi connectivity index (χ0) is 13.0. The summed E-state index contributed by atoms with van der Waals surface area (Å²) in [6.07, 6.45) is -2.44. The molecule has 0 saturated heterocycles. The third kappa shape index (κ3) is 3.06. The smallest absolute Gasteiger partial charge is 0.311 e. The minimum Gasteiger partial charge on any atom is -0.490 e. The maximum absolute atomic E-state index is 10.8. The van der Waals surface area contributed by atoms with E-state index in [1.165, 1.54) is 19.2 Å². The quantitative estimate of drug-likeness (QED) is 0.472. The highest BCUT2D eigenvalue weighted by Crippen LogP contribution is 2.30. The van der Waals surface area contributed by atoms with Crippen LogP contribution < -0.4 is 4.74 Å². The second kappa shape index (κ2) is 5.81. The average molecular weight is 262 g/mol. The minimum atomic E-state index is -1.27. The molecule has 17 heavy (non-hydrogen) atoms. The Morgan fingerprint density at radius 1 is 1.53 bits per heavy atom. The number of aliphatic hydroxyl groups excluding tert-OH is 2. The van der Waals surface area contributed by atoms with Crippen molar-refractivity contribution in [3.63, 3.8) is 0 Å². The lowest BCUT2D eigenvalue weighted by Gasteiger charge is -2.15. The molecule has 7 heteroatoms. The number of hydrogen-bond donors (Lipinski definition) is 2. The fourth-order valence-corrected chi connectivity index (χ4v) is 1.51. The highest BCUT2D eigenvalue weighted by molar-refractivity contribution is 6.18. The van der Waals surface area contributed by atoms with Crippen LogP contribution in [0, 0.1) is 10.1 Å². The SMILES string of the molecule is COc1ccc(C(O)C(O)CCl)cc1[N+](=O)[O-]. The molecule has 2 N–H and O–H groups in total. The van der Waals surface area contributed by atoms with Gasteiger partial charge >= 0.3 is 5.69 Å². The van der Waals surface area contributed by atoms with Gasteiger partial charge < -0.3 is 14.9 Å². The van der Waals surface area contributed by atoms with E-state index in [0.29, 0.717) is 0 Å². The van der Waals surface area contributed by atoms with E-state index in [2.05, 4.69) is 0 Å². The van der Waals surface area contributed by atoms with Crippen LogP contribution in [0.15, 0.2) is 18.2 Å². The highest BCUT2D eigenvalue weighted by atomic mass is 35.5. The Labute approximate surface area is 103 Å². The molecule has 0 heterocycles. The van der Waals surface area contributed by atoms with Gasteiger partial charge in [0, 0.05) is 6.07 Å². The second-order valence-electron chi connectivity index (χ2n) is 3.35. The molecule has 0 aliphatic heterocycles. The Hall–Kier alpha value is -1.37. The third-order valence-corrected chi connectivity index (χ3v) is 2.58. The predicted octanol–water partition coefficient (Wildman–Crippen LogP) is 1.24. The average Bonchev–Trinajstić information content (AvgIpc) is 2.35. The number of nitro benzene ring substituents is 1. The summed E-state index contributed by atoms with van der Waals surface area (Å²) in [5.74, 6) is -0.0765. The molecular weight excluding hydrogens is 250 g/mol. The van der Waals surface area contributed by atoms with Crippen LogP contribution in [0.25, 0.3) is 0 Å². The number of nitro groups is 1. The molecule has 2 atom stereocenters. The van der Waals surface area contributed by atoms with E-state index in [4.69, 9.17) is 16.3 Å². The Bertz CT molecular complexity index is 412. The van der Waals surface area contributed by atoms with Gasteiger partial charge in [-0.1, -0.05) is 6.07 Å². The molecule has 0 spiro atoms. The van der Waals surface area contributed by atoms with Gasteiger partial charge in [-0.25, -0.2) is 0 Å². The van der Waals surface area contributed by atoms with Crippen molar-refractivity contribution in [1.82, 2.24) is 0 Å². The Morgan fingerprint density at radius 2 is 2.18 bits per heavy atom. The topological polar surface area (TPSA) is 92.8 Å². The first-order valence-electron chi connectivity index (χ1n) is 4.75. The van der Waals surface area contributed by atoms with Crippen LogP contribution in [0.3, 0.4) is 0 Å². The summed E-state index contributed by atoms with van der Waals surface area (Å²) in [5, 5.41) is 29.8. The number of aliphatic hydroxyl groups is 2. The maximum atomic E-state index is 10.8. The van der Waals surface area contributed by atoms with Gasteiger partial charge in [-0.15, -0.1) is 11.6 Å². The summed E-state index contributed by atoms with van der Waals surface area (Å²) in [4.78, 5) is 10.1. The van der Waals surface area contributed by atoms with E-state index in [-0.39, 0.29) is 22.9 Å². The first-order chi connectivity index (χ1) is 8.01. The minimum absolute atomic E-state index is 0.0892. The van der Waals surface area contributed by atoms with Crippen LogP contribution in [0.1, 0.15) is 11.7 Å². The monoisotopic (exact) mass is 261 g/mol. The number of rotatable bonds is 5. The van der Waals surface area contributed by atoms with E-state index in [0.717, 1.165) is 6.07 Å². The van der Waals surface area contributed by atoms with Gasteiger partial charge in [-0.3, -0.25) is 10.1 Å². The largest absolute Gasteiger partial charge is 0.490 e. The van der Waals surface area contributed by atoms with Crippen LogP contribution in [-0.4, -0.2) is 34.2 Å². The third-order valence-electron chi connectivity index (χ3n) is 2.26.